The summed E-state index contributed by atoms with van der Waals surface area (Å²) in [5.41, 5.74) is 5.09. The van der Waals surface area contributed by atoms with Gasteiger partial charge in [0.15, 0.2) is 5.76 Å². The summed E-state index contributed by atoms with van der Waals surface area (Å²) in [4.78, 5) is 60.4. The third kappa shape index (κ3) is 8.70. The second kappa shape index (κ2) is 17.8. The number of anilines is 2. The molecule has 5 aromatic rings. The summed E-state index contributed by atoms with van der Waals surface area (Å²) >= 11 is 0. The lowest BCUT2D eigenvalue weighted by atomic mass is 9.90. The molecule has 3 aromatic carbocycles. The van der Waals surface area contributed by atoms with E-state index >= 15 is 8.78 Å². The highest BCUT2D eigenvalue weighted by molar-refractivity contribution is 6.02. The highest BCUT2D eigenvalue weighted by Crippen LogP contribution is 2.39. The first-order chi connectivity index (χ1) is 30.5. The Labute approximate surface area is 364 Å². The number of furan rings is 1. The number of halogens is 2. The second-order valence-electron chi connectivity index (χ2n) is 17.2. The van der Waals surface area contributed by atoms with Crippen LogP contribution in [0.15, 0.2) is 83.6 Å². The molecule has 1 unspecified atom stereocenters. The zero-order chi connectivity index (χ0) is 43.8. The average molecular weight is 859 g/mol. The fourth-order valence-electron chi connectivity index (χ4n) is 9.58. The van der Waals surface area contributed by atoms with E-state index < -0.39 is 11.7 Å². The molecule has 0 bridgehead atoms. The van der Waals surface area contributed by atoms with Gasteiger partial charge in [0.1, 0.15) is 17.2 Å². The van der Waals surface area contributed by atoms with Gasteiger partial charge in [-0.05, 0) is 78.8 Å². The van der Waals surface area contributed by atoms with E-state index in [4.69, 9.17) is 4.42 Å². The summed E-state index contributed by atoms with van der Waals surface area (Å²) in [6.07, 6.45) is 8.86. The molecule has 15 heteroatoms. The van der Waals surface area contributed by atoms with Gasteiger partial charge in [0, 0.05) is 127 Å². The lowest BCUT2D eigenvalue weighted by Gasteiger charge is -2.44. The molecular weight excluding hydrogens is 807 g/mol. The minimum absolute atomic E-state index is 0.0220. The standard InChI is InChI=1S/C48H52F2N8O5/c1-53(2)48(62)42-29-39-45(50)37(33-5-3-18-57(30-33)44(60)16-22-58-19-4-17-51-58)28-38(46(39)63-42)31-6-9-34(10-7-31)54-23-25-55(26-24-54)35-14-20-56(21-15-35)41-12-8-32(27-40(41)49)36-11-13-43(59)52-47(36)61/h4-10,12,17,19,27-29,35-36H,3,11,13-16,18,20-26,30H2,1-2H3,(H,52,59,61). The first kappa shape index (κ1) is 42.0. The van der Waals surface area contributed by atoms with Crippen molar-refractivity contribution in [2.45, 2.75) is 57.0 Å². The number of carbonyl (C=O) groups excluding carboxylic acids is 4. The Morgan fingerprint density at radius 3 is 2.37 bits per heavy atom. The molecule has 0 saturated carbocycles. The number of amides is 4. The number of aryl methyl sites for hydroxylation is 1. The third-order valence-electron chi connectivity index (χ3n) is 13.1. The number of rotatable bonds is 10. The van der Waals surface area contributed by atoms with Crippen molar-refractivity contribution in [3.05, 3.63) is 108 Å². The van der Waals surface area contributed by atoms with Gasteiger partial charge in [-0.3, -0.25) is 34.1 Å². The Morgan fingerprint density at radius 1 is 0.889 bits per heavy atom. The lowest BCUT2D eigenvalue weighted by molar-refractivity contribution is -0.134. The monoisotopic (exact) mass is 858 g/mol. The van der Waals surface area contributed by atoms with Gasteiger partial charge < -0.3 is 24.0 Å². The van der Waals surface area contributed by atoms with Crippen LogP contribution in [0.3, 0.4) is 0 Å². The number of imide groups is 1. The van der Waals surface area contributed by atoms with Crippen LogP contribution < -0.4 is 15.1 Å². The van der Waals surface area contributed by atoms with E-state index in [1.165, 1.54) is 17.0 Å². The molecule has 6 heterocycles. The van der Waals surface area contributed by atoms with Crippen molar-refractivity contribution >= 4 is 51.5 Å². The molecule has 1 N–H and O–H groups in total. The van der Waals surface area contributed by atoms with Gasteiger partial charge in [0.05, 0.1) is 17.0 Å². The van der Waals surface area contributed by atoms with Gasteiger partial charge in [-0.2, -0.15) is 5.10 Å². The van der Waals surface area contributed by atoms with Crippen LogP contribution in [0.25, 0.3) is 27.7 Å². The number of nitrogens with one attached hydrogen (secondary N) is 1. The number of nitrogens with zero attached hydrogens (tertiary/aromatic N) is 7. The smallest absolute Gasteiger partial charge is 0.289 e. The molecule has 9 rings (SSSR count). The van der Waals surface area contributed by atoms with E-state index in [0.29, 0.717) is 65.5 Å². The molecule has 3 fully saturated rings. The number of aromatic nitrogens is 2. The summed E-state index contributed by atoms with van der Waals surface area (Å²) in [5, 5.41) is 6.78. The molecular formula is C48H52F2N8O5. The van der Waals surface area contributed by atoms with Gasteiger partial charge in [-0.1, -0.05) is 24.3 Å². The summed E-state index contributed by atoms with van der Waals surface area (Å²) in [6.45, 7) is 6.25. The topological polar surface area (TPSA) is 127 Å². The van der Waals surface area contributed by atoms with Crippen LogP contribution in [0, 0.1) is 11.6 Å². The molecule has 0 spiro atoms. The van der Waals surface area contributed by atoms with Crippen LogP contribution >= 0.6 is 0 Å². The maximum absolute atomic E-state index is 16.6. The number of hydrogen-bond donors (Lipinski definition) is 1. The maximum atomic E-state index is 16.6. The van der Waals surface area contributed by atoms with Crippen molar-refractivity contribution in [2.24, 2.45) is 0 Å². The van der Waals surface area contributed by atoms with Gasteiger partial charge in [-0.25, -0.2) is 8.78 Å². The minimum Gasteiger partial charge on any atom is -0.450 e. The Hall–Kier alpha value is -6.35. The predicted molar refractivity (Wildman–Crippen MR) is 236 cm³/mol. The second-order valence-corrected chi connectivity index (χ2v) is 17.2. The maximum Gasteiger partial charge on any atom is 0.289 e. The van der Waals surface area contributed by atoms with Crippen molar-refractivity contribution in [3.8, 4) is 11.1 Å². The number of benzene rings is 3. The molecule has 3 saturated heterocycles. The van der Waals surface area contributed by atoms with Crippen LogP contribution in [-0.4, -0.2) is 121 Å². The van der Waals surface area contributed by atoms with E-state index in [0.717, 1.165) is 63.4 Å². The normalized spacial score (nSPS) is 19.1. The quantitative estimate of drug-likeness (QED) is 0.161. The van der Waals surface area contributed by atoms with E-state index in [1.54, 1.807) is 42.0 Å². The van der Waals surface area contributed by atoms with Crippen molar-refractivity contribution in [2.75, 3.05) is 76.3 Å². The molecule has 1 atom stereocenters. The molecule has 13 nitrogen and oxygen atoms in total. The summed E-state index contributed by atoms with van der Waals surface area (Å²) in [5.74, 6) is -2.33. The molecule has 0 radical (unpaired) electrons. The fourth-order valence-corrected chi connectivity index (χ4v) is 9.58. The Bertz CT molecular complexity index is 2550. The van der Waals surface area contributed by atoms with Gasteiger partial charge in [-0.15, -0.1) is 0 Å². The van der Waals surface area contributed by atoms with Crippen LogP contribution in [0.5, 0.6) is 0 Å². The molecule has 4 aliphatic heterocycles. The first-order valence-electron chi connectivity index (χ1n) is 21.9. The summed E-state index contributed by atoms with van der Waals surface area (Å²) < 4.78 is 39.8. The number of piperidine rings is 2. The third-order valence-corrected chi connectivity index (χ3v) is 13.1. The fraction of sp³-hybridized carbons (Fsp3) is 0.396. The van der Waals surface area contributed by atoms with Crippen molar-refractivity contribution in [1.82, 2.24) is 29.8 Å². The van der Waals surface area contributed by atoms with E-state index in [9.17, 15) is 19.2 Å². The van der Waals surface area contributed by atoms with E-state index in [2.05, 4.69) is 37.2 Å². The van der Waals surface area contributed by atoms with Gasteiger partial charge in [0.25, 0.3) is 5.91 Å². The number of piperazine rings is 1. The molecule has 63 heavy (non-hydrogen) atoms. The van der Waals surface area contributed by atoms with Crippen molar-refractivity contribution < 1.29 is 32.4 Å². The highest BCUT2D eigenvalue weighted by Gasteiger charge is 2.32. The average Bonchev–Trinajstić information content (AvgIpc) is 4.00. The highest BCUT2D eigenvalue weighted by atomic mass is 19.1. The molecule has 328 valence electrons. The van der Waals surface area contributed by atoms with Gasteiger partial charge in [0.2, 0.25) is 17.7 Å². The zero-order valence-electron chi connectivity index (χ0n) is 35.7. The number of hydrogen-bond acceptors (Lipinski definition) is 9. The Balaban J connectivity index is 0.857. The Kier molecular flexibility index (Phi) is 11.9. The summed E-state index contributed by atoms with van der Waals surface area (Å²) in [7, 11) is 3.25. The Morgan fingerprint density at radius 2 is 1.67 bits per heavy atom. The number of carbonyl (C=O) groups is 4. The van der Waals surface area contributed by atoms with E-state index in [-0.39, 0.29) is 60.0 Å². The zero-order valence-corrected chi connectivity index (χ0v) is 35.7. The van der Waals surface area contributed by atoms with Crippen LogP contribution in [0.4, 0.5) is 20.2 Å². The van der Waals surface area contributed by atoms with Crippen LogP contribution in [0.1, 0.15) is 66.1 Å². The van der Waals surface area contributed by atoms with Crippen molar-refractivity contribution in [3.63, 3.8) is 0 Å². The molecule has 4 amide bonds. The van der Waals surface area contributed by atoms with E-state index in [1.807, 2.05) is 36.5 Å². The van der Waals surface area contributed by atoms with Gasteiger partial charge >= 0.3 is 0 Å². The van der Waals surface area contributed by atoms with Crippen molar-refractivity contribution in [1.29, 1.82) is 0 Å². The largest absolute Gasteiger partial charge is 0.450 e. The van der Waals surface area contributed by atoms with Crippen LogP contribution in [-0.2, 0) is 20.9 Å². The summed E-state index contributed by atoms with van der Waals surface area (Å²) in [6, 6.07) is 18.7. The molecule has 2 aromatic heterocycles. The minimum atomic E-state index is -0.514. The predicted octanol–water partition coefficient (Wildman–Crippen LogP) is 6.29. The van der Waals surface area contributed by atoms with Crippen LogP contribution in [0.2, 0.25) is 0 Å². The first-order valence-corrected chi connectivity index (χ1v) is 21.9. The molecule has 4 aliphatic rings. The molecule has 0 aliphatic carbocycles. The SMILES string of the molecule is CN(C)C(=O)c1cc2c(F)c(C3=CCCN(C(=O)CCn4cccn4)C3)cc(-c3ccc(N4CCN(C5CCN(c6ccc(C7CCC(=O)NC7=O)cc6F)CC5)CC4)cc3)c2o1. The lowest BCUT2D eigenvalue weighted by Crippen LogP contribution is -2.53. The number of fused-ring (bicyclic) bond motifs is 1.